The third-order valence-corrected chi connectivity index (χ3v) is 5.86. The minimum absolute atomic E-state index is 0.0407. The highest BCUT2D eigenvalue weighted by Gasteiger charge is 2.25. The molecule has 0 aliphatic carbocycles. The van der Waals surface area contributed by atoms with Gasteiger partial charge in [0, 0.05) is 23.4 Å². The molecular weight excluding hydrogens is 400 g/mol. The van der Waals surface area contributed by atoms with Crippen LogP contribution in [0.3, 0.4) is 0 Å². The van der Waals surface area contributed by atoms with Crippen LogP contribution in [0.1, 0.15) is 48.6 Å². The maximum absolute atomic E-state index is 11.3. The van der Waals surface area contributed by atoms with E-state index >= 15 is 0 Å². The summed E-state index contributed by atoms with van der Waals surface area (Å²) >= 11 is 5.79. The molecule has 0 radical (unpaired) electrons. The molecule has 31 heavy (non-hydrogen) atoms. The molecule has 0 aliphatic heterocycles. The predicted octanol–water partition coefficient (Wildman–Crippen LogP) is 6.52. The van der Waals surface area contributed by atoms with Crippen molar-refractivity contribution in [3.8, 4) is 0 Å². The highest BCUT2D eigenvalue weighted by molar-refractivity contribution is 7.81. The van der Waals surface area contributed by atoms with Gasteiger partial charge in [-0.1, -0.05) is 63.3 Å². The molecule has 1 aromatic heterocycles. The van der Waals surface area contributed by atoms with Crippen LogP contribution in [0.2, 0.25) is 0 Å². The van der Waals surface area contributed by atoms with Crippen molar-refractivity contribution in [3.63, 3.8) is 0 Å². The van der Waals surface area contributed by atoms with Gasteiger partial charge in [0.25, 0.3) is 5.70 Å². The molecule has 0 saturated heterocycles. The van der Waals surface area contributed by atoms with Crippen LogP contribution in [0.15, 0.2) is 67.0 Å². The van der Waals surface area contributed by atoms with Gasteiger partial charge in [-0.2, -0.15) is 4.57 Å². The number of para-hydroxylation sites is 1. The lowest BCUT2D eigenvalue weighted by Gasteiger charge is -2.18. The Kier molecular flexibility index (Phi) is 6.61. The number of hydrogen-bond donors (Lipinski definition) is 2. The summed E-state index contributed by atoms with van der Waals surface area (Å²) in [5.74, 6) is 0.141. The number of pyridine rings is 1. The normalized spacial score (nSPS) is 12.3. The standard InChI is InChI=1S/C27H30N2OS/c1-18-11-12-21(17-20(18)3)25(30)24(26(31)28-23-10-8-7-9-19(23)2)29-15-13-22(14-16-29)27(4,5)6/h7-17H,1-6H3,(H-,28,30,31)/p+1. The molecule has 3 rings (SSSR count). The summed E-state index contributed by atoms with van der Waals surface area (Å²) in [6.07, 6.45) is 3.91. The van der Waals surface area contributed by atoms with Crippen LogP contribution in [-0.2, 0) is 5.41 Å². The van der Waals surface area contributed by atoms with E-state index in [9.17, 15) is 5.11 Å². The summed E-state index contributed by atoms with van der Waals surface area (Å²) < 4.78 is 1.88. The zero-order chi connectivity index (χ0) is 22.8. The lowest BCUT2D eigenvalue weighted by molar-refractivity contribution is -0.575. The first-order valence-corrected chi connectivity index (χ1v) is 10.9. The van der Waals surface area contributed by atoms with Gasteiger partial charge in [-0.15, -0.1) is 0 Å². The molecular formula is C27H31N2OS+. The number of benzene rings is 2. The fraction of sp³-hybridized carbons (Fsp3) is 0.259. The summed E-state index contributed by atoms with van der Waals surface area (Å²) in [6, 6.07) is 18.1. The summed E-state index contributed by atoms with van der Waals surface area (Å²) in [4.78, 5) is 0.457. The Balaban J connectivity index is 2.12. The fourth-order valence-electron chi connectivity index (χ4n) is 3.34. The quantitative estimate of drug-likeness (QED) is 0.214. The molecule has 1 heterocycles. The van der Waals surface area contributed by atoms with Gasteiger partial charge < -0.3 is 10.4 Å². The van der Waals surface area contributed by atoms with Crippen LogP contribution in [0.25, 0.3) is 11.5 Å². The van der Waals surface area contributed by atoms with Gasteiger partial charge in [-0.3, -0.25) is 0 Å². The van der Waals surface area contributed by atoms with Gasteiger partial charge in [0.05, 0.1) is 0 Å². The second kappa shape index (κ2) is 9.03. The van der Waals surface area contributed by atoms with Crippen molar-refractivity contribution in [2.75, 3.05) is 5.32 Å². The Labute approximate surface area is 191 Å². The van der Waals surface area contributed by atoms with E-state index in [1.54, 1.807) is 0 Å². The van der Waals surface area contributed by atoms with Crippen LogP contribution in [0.5, 0.6) is 0 Å². The first-order chi connectivity index (χ1) is 14.6. The first kappa shape index (κ1) is 22.7. The Morgan fingerprint density at radius 1 is 0.871 bits per heavy atom. The first-order valence-electron chi connectivity index (χ1n) is 10.5. The Morgan fingerprint density at radius 3 is 2.10 bits per heavy atom. The maximum atomic E-state index is 11.3. The number of rotatable bonds is 4. The number of anilines is 1. The van der Waals surface area contributed by atoms with E-state index in [4.69, 9.17) is 12.2 Å². The monoisotopic (exact) mass is 431 g/mol. The van der Waals surface area contributed by atoms with Crippen molar-refractivity contribution in [1.29, 1.82) is 0 Å². The lowest BCUT2D eigenvalue weighted by Crippen LogP contribution is -2.39. The molecule has 160 valence electrons. The number of nitrogens with one attached hydrogen (secondary N) is 1. The van der Waals surface area contributed by atoms with Gasteiger partial charge >= 0.3 is 0 Å². The Hall–Kier alpha value is -2.98. The van der Waals surface area contributed by atoms with E-state index < -0.39 is 0 Å². The third-order valence-electron chi connectivity index (χ3n) is 5.57. The van der Waals surface area contributed by atoms with Crippen molar-refractivity contribution in [2.24, 2.45) is 0 Å². The average Bonchev–Trinajstić information content (AvgIpc) is 2.71. The zero-order valence-electron chi connectivity index (χ0n) is 19.2. The molecule has 0 spiro atoms. The summed E-state index contributed by atoms with van der Waals surface area (Å²) in [5, 5.41) is 14.7. The highest BCUT2D eigenvalue weighted by atomic mass is 32.1. The lowest BCUT2D eigenvalue weighted by atomic mass is 9.88. The molecule has 2 N–H and O–H groups in total. The number of aryl methyl sites for hydroxylation is 3. The number of nitrogens with zero attached hydrogens (tertiary/aromatic N) is 1. The number of hydrogen-bond acceptors (Lipinski definition) is 2. The Morgan fingerprint density at radius 2 is 1.52 bits per heavy atom. The smallest absolute Gasteiger partial charge is 0.288 e. The molecule has 0 aliphatic rings. The van der Waals surface area contributed by atoms with Gasteiger partial charge in [0.2, 0.25) is 0 Å². The third kappa shape index (κ3) is 5.20. The SMILES string of the molecule is Cc1ccc(C(O)=C(C(=S)Nc2ccccc2C)[n+]2ccc(C(C)(C)C)cc2)cc1C. The van der Waals surface area contributed by atoms with Gasteiger partial charge in [0.15, 0.2) is 23.1 Å². The van der Waals surface area contributed by atoms with Crippen molar-refractivity contribution < 1.29 is 9.67 Å². The molecule has 4 heteroatoms. The molecule has 0 amide bonds. The number of aliphatic hydroxyl groups is 1. The molecule has 3 nitrogen and oxygen atoms in total. The topological polar surface area (TPSA) is 36.1 Å². The van der Waals surface area contributed by atoms with Gasteiger partial charge in [-0.25, -0.2) is 0 Å². The van der Waals surface area contributed by atoms with Crippen molar-refractivity contribution in [1.82, 2.24) is 0 Å². The van der Waals surface area contributed by atoms with Crippen LogP contribution >= 0.6 is 12.2 Å². The fourth-order valence-corrected chi connectivity index (χ4v) is 3.65. The molecule has 3 aromatic rings. The highest BCUT2D eigenvalue weighted by Crippen LogP contribution is 2.24. The van der Waals surface area contributed by atoms with E-state index in [1.807, 2.05) is 73.3 Å². The van der Waals surface area contributed by atoms with Crippen molar-refractivity contribution >= 4 is 34.3 Å². The van der Waals surface area contributed by atoms with E-state index in [0.29, 0.717) is 10.7 Å². The number of thiocarbonyl (C=S) groups is 1. The predicted molar refractivity (Wildman–Crippen MR) is 134 cm³/mol. The van der Waals surface area contributed by atoms with E-state index in [2.05, 4.69) is 45.1 Å². The summed E-state index contributed by atoms with van der Waals surface area (Å²) in [5.41, 5.74) is 6.84. The molecule has 0 saturated carbocycles. The molecule has 0 fully saturated rings. The zero-order valence-corrected chi connectivity index (χ0v) is 20.0. The van der Waals surface area contributed by atoms with Crippen LogP contribution in [0, 0.1) is 20.8 Å². The summed E-state index contributed by atoms with van der Waals surface area (Å²) in [7, 11) is 0. The Bertz CT molecular complexity index is 1140. The van der Waals surface area contributed by atoms with Crippen LogP contribution in [0.4, 0.5) is 5.69 Å². The van der Waals surface area contributed by atoms with Crippen LogP contribution < -0.4 is 9.88 Å². The van der Waals surface area contributed by atoms with Crippen molar-refractivity contribution in [2.45, 2.75) is 47.0 Å². The second-order valence-corrected chi connectivity index (χ2v) is 9.42. The van der Waals surface area contributed by atoms with Crippen LogP contribution in [-0.4, -0.2) is 10.1 Å². The minimum Gasteiger partial charge on any atom is -0.502 e. The minimum atomic E-state index is 0.0407. The number of aromatic nitrogens is 1. The van der Waals surface area contributed by atoms with E-state index in [1.165, 1.54) is 11.1 Å². The largest absolute Gasteiger partial charge is 0.502 e. The van der Waals surface area contributed by atoms with E-state index in [0.717, 1.165) is 22.4 Å². The van der Waals surface area contributed by atoms with Gasteiger partial charge in [-0.05, 0) is 60.6 Å². The van der Waals surface area contributed by atoms with E-state index in [-0.39, 0.29) is 11.2 Å². The molecule has 2 aromatic carbocycles. The second-order valence-electron chi connectivity index (χ2n) is 9.01. The molecule has 0 atom stereocenters. The summed E-state index contributed by atoms with van der Waals surface area (Å²) in [6.45, 7) is 12.7. The maximum Gasteiger partial charge on any atom is 0.288 e. The average molecular weight is 432 g/mol. The molecule has 0 bridgehead atoms. The van der Waals surface area contributed by atoms with Crippen molar-refractivity contribution in [3.05, 3.63) is 94.8 Å². The molecule has 0 unspecified atom stereocenters. The van der Waals surface area contributed by atoms with Gasteiger partial charge in [0.1, 0.15) is 0 Å². The number of aliphatic hydroxyl groups excluding tert-OH is 1.